The zero-order valence-electron chi connectivity index (χ0n) is 9.41. The standard InChI is InChI=1S/C12H6ClN3O2Se/c13-12-11-9(14-6-15-12)5-10(19-11)7-1-3-8(4-2-7)16(17)18/h1-6H. The summed E-state index contributed by atoms with van der Waals surface area (Å²) >= 11 is 6.06. The molecule has 0 amide bonds. The SMILES string of the molecule is O=[N+]([O-])c1ccc(-c2cc3ncnc(Cl)c3[se]2)cc1. The van der Waals surface area contributed by atoms with E-state index in [-0.39, 0.29) is 20.2 Å². The Morgan fingerprint density at radius 1 is 1.21 bits per heavy atom. The number of aromatic nitrogens is 2. The fraction of sp³-hybridized carbons (Fsp3) is 0. The van der Waals surface area contributed by atoms with E-state index in [1.807, 2.05) is 6.07 Å². The molecule has 0 aliphatic rings. The number of nitro groups is 1. The fourth-order valence-corrected chi connectivity index (χ4v) is 4.15. The topological polar surface area (TPSA) is 68.9 Å². The number of non-ortho nitro benzene ring substituents is 1. The van der Waals surface area contributed by atoms with Crippen LogP contribution in [0, 0.1) is 10.1 Å². The van der Waals surface area contributed by atoms with Gasteiger partial charge in [0, 0.05) is 0 Å². The minimum absolute atomic E-state index is 0.0316. The Hall–Kier alpha value is -1.75. The van der Waals surface area contributed by atoms with Gasteiger partial charge in [-0.05, 0) is 0 Å². The number of halogens is 1. The van der Waals surface area contributed by atoms with Crippen molar-refractivity contribution in [2.24, 2.45) is 0 Å². The summed E-state index contributed by atoms with van der Waals surface area (Å²) in [7, 11) is 0. The summed E-state index contributed by atoms with van der Waals surface area (Å²) in [6.07, 6.45) is 1.44. The maximum atomic E-state index is 10.6. The summed E-state index contributed by atoms with van der Waals surface area (Å²) in [4.78, 5) is 18.3. The molecule has 0 spiro atoms. The van der Waals surface area contributed by atoms with Crippen molar-refractivity contribution < 1.29 is 4.92 Å². The molecule has 7 heteroatoms. The summed E-state index contributed by atoms with van der Waals surface area (Å²) in [6, 6.07) is 8.47. The van der Waals surface area contributed by atoms with Crippen molar-refractivity contribution in [3.8, 4) is 10.0 Å². The molecule has 3 aromatic rings. The number of nitrogens with zero attached hydrogens (tertiary/aromatic N) is 3. The molecule has 0 saturated heterocycles. The van der Waals surface area contributed by atoms with Gasteiger partial charge in [-0.2, -0.15) is 0 Å². The van der Waals surface area contributed by atoms with E-state index in [2.05, 4.69) is 9.97 Å². The van der Waals surface area contributed by atoms with Gasteiger partial charge in [0.1, 0.15) is 0 Å². The van der Waals surface area contributed by atoms with E-state index in [1.165, 1.54) is 18.5 Å². The molecule has 2 heterocycles. The van der Waals surface area contributed by atoms with Gasteiger partial charge in [-0.3, -0.25) is 0 Å². The molecule has 0 unspecified atom stereocenters. The molecule has 3 rings (SSSR count). The van der Waals surface area contributed by atoms with Gasteiger partial charge in [0.25, 0.3) is 0 Å². The molecular weight excluding hydrogens is 333 g/mol. The maximum absolute atomic E-state index is 10.6. The number of hydrogen-bond donors (Lipinski definition) is 0. The van der Waals surface area contributed by atoms with Crippen LogP contribution in [-0.4, -0.2) is 29.4 Å². The van der Waals surface area contributed by atoms with Crippen molar-refractivity contribution in [1.82, 2.24) is 9.97 Å². The zero-order valence-corrected chi connectivity index (χ0v) is 11.9. The predicted molar refractivity (Wildman–Crippen MR) is 73.6 cm³/mol. The van der Waals surface area contributed by atoms with Gasteiger partial charge in [-0.1, -0.05) is 0 Å². The summed E-state index contributed by atoms with van der Waals surface area (Å²) in [6.45, 7) is 0. The number of rotatable bonds is 2. The molecule has 19 heavy (non-hydrogen) atoms. The van der Waals surface area contributed by atoms with Gasteiger partial charge in [0.15, 0.2) is 0 Å². The Bertz CT molecular complexity index is 770. The van der Waals surface area contributed by atoms with E-state index >= 15 is 0 Å². The Labute approximate surface area is 118 Å². The first-order chi connectivity index (χ1) is 9.15. The Morgan fingerprint density at radius 3 is 2.58 bits per heavy atom. The van der Waals surface area contributed by atoms with Gasteiger partial charge in [0.2, 0.25) is 0 Å². The van der Waals surface area contributed by atoms with Crippen LogP contribution >= 0.6 is 11.6 Å². The quantitative estimate of drug-likeness (QED) is 0.312. The number of benzene rings is 1. The van der Waals surface area contributed by atoms with E-state index in [4.69, 9.17) is 11.6 Å². The Kier molecular flexibility index (Phi) is 3.06. The second kappa shape index (κ2) is 4.74. The van der Waals surface area contributed by atoms with Crippen molar-refractivity contribution in [3.63, 3.8) is 0 Å². The molecule has 0 aliphatic heterocycles. The first-order valence-electron chi connectivity index (χ1n) is 5.30. The van der Waals surface area contributed by atoms with E-state index in [1.54, 1.807) is 12.1 Å². The van der Waals surface area contributed by atoms with Crippen LogP contribution in [0.4, 0.5) is 5.69 Å². The second-order valence-corrected chi connectivity index (χ2v) is 6.36. The van der Waals surface area contributed by atoms with Gasteiger partial charge < -0.3 is 0 Å². The van der Waals surface area contributed by atoms with Crippen LogP contribution in [0.25, 0.3) is 19.8 Å². The zero-order chi connectivity index (χ0) is 13.4. The molecule has 94 valence electrons. The molecule has 0 fully saturated rings. The van der Waals surface area contributed by atoms with E-state index in [9.17, 15) is 10.1 Å². The summed E-state index contributed by atoms with van der Waals surface area (Å²) in [5.74, 6) is 0. The van der Waals surface area contributed by atoms with Crippen LogP contribution in [0.1, 0.15) is 0 Å². The van der Waals surface area contributed by atoms with Crippen LogP contribution in [0.3, 0.4) is 0 Å². The molecule has 0 atom stereocenters. The third-order valence-electron chi connectivity index (χ3n) is 2.63. The van der Waals surface area contributed by atoms with Gasteiger partial charge in [-0.25, -0.2) is 0 Å². The fourth-order valence-electron chi connectivity index (χ4n) is 1.72. The summed E-state index contributed by atoms with van der Waals surface area (Å²) in [5.41, 5.74) is 1.89. The summed E-state index contributed by atoms with van der Waals surface area (Å²) in [5, 5.41) is 11.1. The Balaban J connectivity index is 2.09. The third-order valence-corrected chi connectivity index (χ3v) is 5.65. The van der Waals surface area contributed by atoms with Crippen LogP contribution in [0.15, 0.2) is 36.7 Å². The Morgan fingerprint density at radius 2 is 1.95 bits per heavy atom. The monoisotopic (exact) mass is 339 g/mol. The van der Waals surface area contributed by atoms with Crippen LogP contribution in [0.2, 0.25) is 5.15 Å². The van der Waals surface area contributed by atoms with Crippen LogP contribution in [0.5, 0.6) is 0 Å². The van der Waals surface area contributed by atoms with Crippen LogP contribution < -0.4 is 0 Å². The molecule has 1 aromatic carbocycles. The van der Waals surface area contributed by atoms with Crippen LogP contribution in [-0.2, 0) is 0 Å². The third kappa shape index (κ3) is 2.26. The molecular formula is C12H6ClN3O2Se. The molecule has 0 radical (unpaired) electrons. The van der Waals surface area contributed by atoms with Crippen molar-refractivity contribution >= 4 is 41.6 Å². The van der Waals surface area contributed by atoms with Gasteiger partial charge in [0.05, 0.1) is 0 Å². The van der Waals surface area contributed by atoms with Crippen molar-refractivity contribution in [1.29, 1.82) is 0 Å². The van der Waals surface area contributed by atoms with Crippen molar-refractivity contribution in [3.05, 3.63) is 51.9 Å². The molecule has 2 aromatic heterocycles. The van der Waals surface area contributed by atoms with E-state index in [0.717, 1.165) is 19.8 Å². The van der Waals surface area contributed by atoms with E-state index < -0.39 is 4.92 Å². The minimum atomic E-state index is -0.408. The van der Waals surface area contributed by atoms with Gasteiger partial charge >= 0.3 is 118 Å². The van der Waals surface area contributed by atoms with Crippen molar-refractivity contribution in [2.75, 3.05) is 0 Å². The summed E-state index contributed by atoms with van der Waals surface area (Å²) < 4.78 is 2.06. The predicted octanol–water partition coefficient (Wildman–Crippen LogP) is 2.92. The first-order valence-corrected chi connectivity index (χ1v) is 7.39. The number of hydrogen-bond acceptors (Lipinski definition) is 4. The molecule has 0 bridgehead atoms. The average Bonchev–Trinajstić information content (AvgIpc) is 2.84. The van der Waals surface area contributed by atoms with Gasteiger partial charge in [-0.15, -0.1) is 0 Å². The molecule has 0 aliphatic carbocycles. The molecule has 5 nitrogen and oxygen atoms in total. The molecule has 0 saturated carbocycles. The first kappa shape index (κ1) is 12.3. The van der Waals surface area contributed by atoms with E-state index in [0.29, 0.717) is 5.15 Å². The van der Waals surface area contributed by atoms with Crippen molar-refractivity contribution in [2.45, 2.75) is 0 Å². The number of fused-ring (bicyclic) bond motifs is 1. The molecule has 0 N–H and O–H groups in total. The average molecular weight is 339 g/mol. The normalized spacial score (nSPS) is 10.8. The number of nitro benzene ring substituents is 1. The second-order valence-electron chi connectivity index (χ2n) is 3.79.